The van der Waals surface area contributed by atoms with Gasteiger partial charge in [0.05, 0.1) is 23.6 Å². The largest absolute Gasteiger partial charge is 0.256 e. The first-order chi connectivity index (χ1) is 13.6. The standard InChI is InChI=1S/C24H27NO2SSi/c1-16(2)12-17-13-23(29(3,4)5)24(25-15-17)18-10-11-22-20(14-18)19-8-6-7-9-21(19)28(22,26)27/h6-11,13-16H,12H2,1-5H3. The lowest BCUT2D eigenvalue weighted by atomic mass is 10.0. The van der Waals surface area contributed by atoms with Gasteiger partial charge in [0.1, 0.15) is 0 Å². The minimum atomic E-state index is -3.43. The van der Waals surface area contributed by atoms with Crippen molar-refractivity contribution >= 4 is 23.1 Å². The summed E-state index contributed by atoms with van der Waals surface area (Å²) in [5.74, 6) is 0.582. The van der Waals surface area contributed by atoms with Crippen molar-refractivity contribution < 1.29 is 8.42 Å². The molecule has 0 bridgehead atoms. The summed E-state index contributed by atoms with van der Waals surface area (Å²) in [4.78, 5) is 5.67. The molecule has 0 fully saturated rings. The Hall–Kier alpha value is -2.24. The maximum Gasteiger partial charge on any atom is 0.207 e. The highest BCUT2D eigenvalue weighted by atomic mass is 32.2. The molecule has 0 aliphatic carbocycles. The number of sulfone groups is 1. The van der Waals surface area contributed by atoms with Gasteiger partial charge in [-0.15, -0.1) is 0 Å². The van der Waals surface area contributed by atoms with E-state index in [4.69, 9.17) is 4.98 Å². The van der Waals surface area contributed by atoms with E-state index in [1.54, 1.807) is 18.2 Å². The van der Waals surface area contributed by atoms with E-state index in [0.717, 1.165) is 28.8 Å². The highest BCUT2D eigenvalue weighted by Gasteiger charge is 2.33. The van der Waals surface area contributed by atoms with Crippen LogP contribution in [0.2, 0.25) is 19.6 Å². The van der Waals surface area contributed by atoms with Gasteiger partial charge in [0.2, 0.25) is 9.84 Å². The van der Waals surface area contributed by atoms with E-state index in [-0.39, 0.29) is 0 Å². The molecule has 4 rings (SSSR count). The maximum atomic E-state index is 12.9. The molecule has 1 aliphatic rings. The number of hydrogen-bond donors (Lipinski definition) is 0. The van der Waals surface area contributed by atoms with Crippen molar-refractivity contribution in [3.63, 3.8) is 0 Å². The smallest absolute Gasteiger partial charge is 0.207 e. The van der Waals surface area contributed by atoms with E-state index in [1.165, 1.54) is 10.8 Å². The molecule has 2 heterocycles. The van der Waals surface area contributed by atoms with Crippen LogP contribution < -0.4 is 5.19 Å². The highest BCUT2D eigenvalue weighted by Crippen LogP contribution is 2.44. The molecule has 0 N–H and O–H groups in total. The predicted molar refractivity (Wildman–Crippen MR) is 122 cm³/mol. The summed E-state index contributed by atoms with van der Waals surface area (Å²) in [7, 11) is -5.08. The number of pyridine rings is 1. The summed E-state index contributed by atoms with van der Waals surface area (Å²) in [5, 5.41) is 1.32. The molecule has 0 saturated carbocycles. The Kier molecular flexibility index (Phi) is 4.78. The van der Waals surface area contributed by atoms with E-state index >= 15 is 0 Å². The second-order valence-electron chi connectivity index (χ2n) is 9.30. The van der Waals surface area contributed by atoms with Gasteiger partial charge in [-0.2, -0.15) is 0 Å². The number of fused-ring (bicyclic) bond motifs is 3. The number of nitrogens with zero attached hydrogens (tertiary/aromatic N) is 1. The molecule has 0 unspecified atom stereocenters. The molecule has 150 valence electrons. The summed E-state index contributed by atoms with van der Waals surface area (Å²) in [5.41, 5.74) is 4.82. The fraction of sp³-hybridized carbons (Fsp3) is 0.292. The van der Waals surface area contributed by atoms with Crippen molar-refractivity contribution in [3.8, 4) is 22.4 Å². The van der Waals surface area contributed by atoms with E-state index in [1.807, 2.05) is 30.5 Å². The molecule has 2 aromatic carbocycles. The second-order valence-corrected chi connectivity index (χ2v) is 16.2. The summed E-state index contributed by atoms with van der Waals surface area (Å²) in [6.07, 6.45) is 3.00. The zero-order chi connectivity index (χ0) is 21.0. The molecule has 5 heteroatoms. The number of aromatic nitrogens is 1. The van der Waals surface area contributed by atoms with Crippen molar-refractivity contribution in [2.24, 2.45) is 5.92 Å². The molecule has 1 aromatic heterocycles. The van der Waals surface area contributed by atoms with E-state index < -0.39 is 17.9 Å². The number of rotatable bonds is 4. The third kappa shape index (κ3) is 3.47. The lowest BCUT2D eigenvalue weighted by Crippen LogP contribution is -2.40. The highest BCUT2D eigenvalue weighted by molar-refractivity contribution is 7.92. The van der Waals surface area contributed by atoms with Crippen LogP contribution in [0.5, 0.6) is 0 Å². The third-order valence-corrected chi connectivity index (χ3v) is 9.27. The SMILES string of the molecule is CC(C)Cc1cnc(-c2ccc3c(c2)-c2ccccc2S3(=O)=O)c([Si](C)(C)C)c1. The van der Waals surface area contributed by atoms with Crippen LogP contribution in [0.4, 0.5) is 0 Å². The Labute approximate surface area is 174 Å². The Morgan fingerprint density at radius 3 is 2.31 bits per heavy atom. The number of benzene rings is 2. The van der Waals surface area contributed by atoms with Gasteiger partial charge < -0.3 is 0 Å². The Bertz CT molecular complexity index is 1210. The quantitative estimate of drug-likeness (QED) is 0.420. The molecule has 0 saturated heterocycles. The zero-order valence-corrected chi connectivity index (χ0v) is 19.5. The fourth-order valence-electron chi connectivity index (χ4n) is 4.06. The second kappa shape index (κ2) is 6.92. The van der Waals surface area contributed by atoms with Gasteiger partial charge in [-0.25, -0.2) is 8.42 Å². The first kappa shape index (κ1) is 20.0. The zero-order valence-electron chi connectivity index (χ0n) is 17.7. The van der Waals surface area contributed by atoms with Crippen LogP contribution >= 0.6 is 0 Å². The van der Waals surface area contributed by atoms with Gasteiger partial charge in [0.15, 0.2) is 0 Å². The first-order valence-electron chi connectivity index (χ1n) is 10.1. The minimum absolute atomic E-state index is 0.397. The van der Waals surface area contributed by atoms with Gasteiger partial charge in [-0.05, 0) is 41.3 Å². The molecule has 1 aliphatic heterocycles. The van der Waals surface area contributed by atoms with Crippen LogP contribution in [0, 0.1) is 5.92 Å². The normalized spacial score (nSPS) is 14.7. The van der Waals surface area contributed by atoms with Crippen LogP contribution in [0.25, 0.3) is 22.4 Å². The molecular formula is C24H27NO2SSi. The van der Waals surface area contributed by atoms with Crippen molar-refractivity contribution in [2.75, 3.05) is 0 Å². The summed E-state index contributed by atoms with van der Waals surface area (Å²) in [6.45, 7) is 11.4. The van der Waals surface area contributed by atoms with Crippen LogP contribution in [0.3, 0.4) is 0 Å². The van der Waals surface area contributed by atoms with E-state index in [0.29, 0.717) is 15.7 Å². The molecule has 29 heavy (non-hydrogen) atoms. The van der Waals surface area contributed by atoms with Crippen LogP contribution in [-0.4, -0.2) is 21.5 Å². The van der Waals surface area contributed by atoms with Crippen LogP contribution in [0.15, 0.2) is 64.5 Å². The van der Waals surface area contributed by atoms with Gasteiger partial charge in [0.25, 0.3) is 0 Å². The lowest BCUT2D eigenvalue weighted by Gasteiger charge is -2.22. The molecule has 0 amide bonds. The predicted octanol–water partition coefficient (Wildman–Crippen LogP) is 5.31. The fourth-order valence-corrected chi connectivity index (χ4v) is 7.26. The van der Waals surface area contributed by atoms with E-state index in [9.17, 15) is 8.42 Å². The Morgan fingerprint density at radius 2 is 1.62 bits per heavy atom. The summed E-state index contributed by atoms with van der Waals surface area (Å²) in [6, 6.07) is 15.2. The molecule has 0 radical (unpaired) electrons. The molecule has 3 aromatic rings. The van der Waals surface area contributed by atoms with Crippen LogP contribution in [-0.2, 0) is 16.3 Å². The molecule has 0 spiro atoms. The minimum Gasteiger partial charge on any atom is -0.256 e. The van der Waals surface area contributed by atoms with Gasteiger partial charge in [-0.3, -0.25) is 4.98 Å². The van der Waals surface area contributed by atoms with Crippen LogP contribution in [0.1, 0.15) is 19.4 Å². The lowest BCUT2D eigenvalue weighted by molar-refractivity contribution is 0.598. The van der Waals surface area contributed by atoms with Gasteiger partial charge >= 0.3 is 0 Å². The van der Waals surface area contributed by atoms with Crippen molar-refractivity contribution in [1.29, 1.82) is 0 Å². The summed E-state index contributed by atoms with van der Waals surface area (Å²) >= 11 is 0. The maximum absolute atomic E-state index is 12.9. The Morgan fingerprint density at radius 1 is 0.931 bits per heavy atom. The third-order valence-electron chi connectivity index (χ3n) is 5.41. The van der Waals surface area contributed by atoms with Crippen molar-refractivity contribution in [1.82, 2.24) is 4.98 Å². The Balaban J connectivity index is 1.90. The first-order valence-corrected chi connectivity index (χ1v) is 15.1. The molecule has 3 nitrogen and oxygen atoms in total. The average molecular weight is 422 g/mol. The molecular weight excluding hydrogens is 394 g/mol. The topological polar surface area (TPSA) is 47.0 Å². The summed E-state index contributed by atoms with van der Waals surface area (Å²) < 4.78 is 25.8. The average Bonchev–Trinajstić information content (AvgIpc) is 2.88. The van der Waals surface area contributed by atoms with Gasteiger partial charge in [0, 0.05) is 22.9 Å². The van der Waals surface area contributed by atoms with E-state index in [2.05, 4.69) is 39.6 Å². The monoisotopic (exact) mass is 421 g/mol. The van der Waals surface area contributed by atoms with Crippen molar-refractivity contribution in [2.45, 2.75) is 49.7 Å². The number of hydrogen-bond acceptors (Lipinski definition) is 3. The molecule has 0 atom stereocenters. The van der Waals surface area contributed by atoms with Crippen molar-refractivity contribution in [3.05, 3.63) is 60.3 Å². The van der Waals surface area contributed by atoms with Gasteiger partial charge in [-0.1, -0.05) is 63.8 Å².